The summed E-state index contributed by atoms with van der Waals surface area (Å²) in [4.78, 5) is 18.3. The fourth-order valence-electron chi connectivity index (χ4n) is 3.31. The molecule has 2 aromatic rings. The Morgan fingerprint density at radius 3 is 2.50 bits per heavy atom. The van der Waals surface area contributed by atoms with Crippen molar-refractivity contribution in [3.8, 4) is 0 Å². The van der Waals surface area contributed by atoms with E-state index in [2.05, 4.69) is 40.3 Å². The first-order chi connectivity index (χ1) is 17.3. The number of carboxylic acids is 1. The fourth-order valence-corrected chi connectivity index (χ4v) is 3.74. The highest BCUT2D eigenvalue weighted by Gasteiger charge is 2.21. The molecule has 36 heavy (non-hydrogen) atoms. The Bertz CT molecular complexity index is 1030. The van der Waals surface area contributed by atoms with Crippen LogP contribution in [0, 0.1) is 5.82 Å². The molecule has 3 rings (SSSR count). The van der Waals surface area contributed by atoms with Crippen molar-refractivity contribution in [2.24, 2.45) is 4.99 Å². The number of nitrogens with one attached hydrogen (secondary N) is 2. The van der Waals surface area contributed by atoms with Gasteiger partial charge in [-0.25, -0.2) is 9.18 Å². The molecule has 1 unspecified atom stereocenters. The Labute approximate surface area is 225 Å². The predicted molar refractivity (Wildman–Crippen MR) is 153 cm³/mol. The molecule has 6 nitrogen and oxygen atoms in total. The molecule has 0 spiro atoms. The zero-order chi connectivity index (χ0) is 27.7. The Kier molecular flexibility index (Phi) is 17.0. The van der Waals surface area contributed by atoms with Crippen molar-refractivity contribution in [3.05, 3.63) is 75.3 Å². The van der Waals surface area contributed by atoms with Crippen molar-refractivity contribution in [3.63, 3.8) is 0 Å². The number of carbonyl (C=O) groups is 1. The molecule has 3 N–H and O–H groups in total. The van der Waals surface area contributed by atoms with Crippen LogP contribution in [0.1, 0.15) is 80.7 Å². The van der Waals surface area contributed by atoms with Crippen molar-refractivity contribution >= 4 is 41.6 Å². The van der Waals surface area contributed by atoms with E-state index in [1.807, 2.05) is 33.8 Å². The van der Waals surface area contributed by atoms with E-state index < -0.39 is 5.97 Å². The van der Waals surface area contributed by atoms with Crippen LogP contribution < -0.4 is 10.6 Å². The molecule has 0 saturated heterocycles. The van der Waals surface area contributed by atoms with Gasteiger partial charge in [0.25, 0.3) is 0 Å². The second-order valence-corrected chi connectivity index (χ2v) is 7.88. The summed E-state index contributed by atoms with van der Waals surface area (Å²) in [6.07, 6.45) is 5.73. The SMILES string of the molecule is C=NC.CC.CC.CCC1=CC(NC(=S)NCc2ncc(C(=O)O)cc2Cl)c2cccc(F)c2CC1. The Morgan fingerprint density at radius 2 is 1.94 bits per heavy atom. The third-order valence-electron chi connectivity index (χ3n) is 4.91. The van der Waals surface area contributed by atoms with Gasteiger partial charge in [0, 0.05) is 13.2 Å². The largest absolute Gasteiger partial charge is 0.478 e. The summed E-state index contributed by atoms with van der Waals surface area (Å²) in [5.74, 6) is -1.29. The number of halogens is 2. The lowest BCUT2D eigenvalue weighted by Gasteiger charge is -2.20. The summed E-state index contributed by atoms with van der Waals surface area (Å²) in [6.45, 7) is 13.4. The minimum absolute atomic E-state index is 0.0220. The molecule has 0 radical (unpaired) electrons. The van der Waals surface area contributed by atoms with Gasteiger partial charge in [-0.3, -0.25) is 4.98 Å². The summed E-state index contributed by atoms with van der Waals surface area (Å²) in [6, 6.07) is 6.22. The van der Waals surface area contributed by atoms with E-state index in [0.717, 1.165) is 18.4 Å². The van der Waals surface area contributed by atoms with Crippen LogP contribution in [0.4, 0.5) is 4.39 Å². The van der Waals surface area contributed by atoms with E-state index >= 15 is 0 Å². The number of hydrogen-bond acceptors (Lipinski definition) is 4. The van der Waals surface area contributed by atoms with Crippen molar-refractivity contribution in [2.75, 3.05) is 7.05 Å². The second-order valence-electron chi connectivity index (χ2n) is 7.06. The van der Waals surface area contributed by atoms with Gasteiger partial charge in [-0.15, -0.1) is 0 Å². The molecule has 1 aliphatic carbocycles. The van der Waals surface area contributed by atoms with Gasteiger partial charge >= 0.3 is 5.97 Å². The van der Waals surface area contributed by atoms with E-state index in [4.69, 9.17) is 28.9 Å². The molecule has 0 aliphatic heterocycles. The highest BCUT2D eigenvalue weighted by molar-refractivity contribution is 7.80. The second kappa shape index (κ2) is 18.4. The van der Waals surface area contributed by atoms with Gasteiger partial charge in [-0.05, 0) is 61.5 Å². The number of thiocarbonyl (C=S) groups is 1. The lowest BCUT2D eigenvalue weighted by molar-refractivity contribution is 0.0696. The molecule has 1 aromatic carbocycles. The fraction of sp³-hybridized carbons (Fsp3) is 0.407. The van der Waals surface area contributed by atoms with Crippen LogP contribution in [0.15, 0.2) is 47.1 Å². The number of aromatic nitrogens is 1. The average molecular weight is 537 g/mol. The summed E-state index contributed by atoms with van der Waals surface area (Å²) in [5, 5.41) is 15.9. The summed E-state index contributed by atoms with van der Waals surface area (Å²) in [7, 11) is 1.64. The maximum absolute atomic E-state index is 14.3. The number of nitrogens with zero attached hydrogens (tertiary/aromatic N) is 2. The molecule has 1 aromatic heterocycles. The van der Waals surface area contributed by atoms with E-state index in [9.17, 15) is 9.18 Å². The molecule has 0 bridgehead atoms. The van der Waals surface area contributed by atoms with Gasteiger partial charge in [0.2, 0.25) is 0 Å². The lowest BCUT2D eigenvalue weighted by atomic mass is 9.99. The zero-order valence-corrected chi connectivity index (χ0v) is 23.6. The molecule has 0 saturated carbocycles. The number of hydrogen-bond donors (Lipinski definition) is 3. The standard InChI is InChI=1S/C21H21ClFN3O2S.C2H5N.2C2H6/c1-2-12-6-7-14-15(4-3-5-17(14)23)18(8-12)26-21(29)25-11-19-16(22)9-13(10-24-19)20(27)28;1-3-2;2*1-2/h3-5,8-10,18H,2,6-7,11H2,1H3,(H,27,28)(H2,25,26,29);1H2,2H3;2*1-2H3. The Morgan fingerprint density at radius 1 is 1.31 bits per heavy atom. The molecular weight excluding hydrogens is 499 g/mol. The van der Waals surface area contributed by atoms with Gasteiger partial charge < -0.3 is 20.7 Å². The Balaban J connectivity index is 0.00000159. The third-order valence-corrected chi connectivity index (χ3v) is 5.50. The topological polar surface area (TPSA) is 86.6 Å². The van der Waals surface area contributed by atoms with Crippen molar-refractivity contribution in [1.29, 1.82) is 0 Å². The number of aromatic carboxylic acids is 1. The van der Waals surface area contributed by atoms with Crippen molar-refractivity contribution in [2.45, 2.75) is 66.5 Å². The zero-order valence-electron chi connectivity index (χ0n) is 22.0. The normalized spacial score (nSPS) is 13.3. The number of benzene rings is 1. The van der Waals surface area contributed by atoms with Crippen LogP contribution in [0.3, 0.4) is 0 Å². The van der Waals surface area contributed by atoms with E-state index in [0.29, 0.717) is 22.8 Å². The van der Waals surface area contributed by atoms with Crippen LogP contribution in [0.5, 0.6) is 0 Å². The van der Waals surface area contributed by atoms with Gasteiger partial charge in [0.1, 0.15) is 5.82 Å². The lowest BCUT2D eigenvalue weighted by Crippen LogP contribution is -2.37. The van der Waals surface area contributed by atoms with Crippen molar-refractivity contribution in [1.82, 2.24) is 15.6 Å². The molecule has 0 fully saturated rings. The minimum atomic E-state index is -1.09. The number of aliphatic imine (C=N–C) groups is 1. The molecule has 1 aliphatic rings. The third kappa shape index (κ3) is 10.4. The first-order valence-electron chi connectivity index (χ1n) is 12.0. The van der Waals surface area contributed by atoms with Crippen LogP contribution in [0.2, 0.25) is 5.02 Å². The summed E-state index contributed by atoms with van der Waals surface area (Å²) in [5.41, 5.74) is 3.34. The highest BCUT2D eigenvalue weighted by Crippen LogP contribution is 2.30. The molecule has 0 amide bonds. The Hall–Kier alpha value is -2.84. The first-order valence-corrected chi connectivity index (χ1v) is 12.8. The monoisotopic (exact) mass is 536 g/mol. The van der Waals surface area contributed by atoms with Crippen molar-refractivity contribution < 1.29 is 14.3 Å². The number of rotatable bonds is 5. The van der Waals surface area contributed by atoms with Gasteiger partial charge in [-0.1, -0.05) is 70.0 Å². The number of carboxylic acid groups (broad SMARTS) is 1. The maximum Gasteiger partial charge on any atom is 0.337 e. The van der Waals surface area contributed by atoms with E-state index in [1.165, 1.54) is 23.9 Å². The van der Waals surface area contributed by atoms with Crippen LogP contribution in [-0.2, 0) is 13.0 Å². The van der Waals surface area contributed by atoms with Crippen LogP contribution >= 0.6 is 23.8 Å². The number of allylic oxidation sites excluding steroid dienone is 1. The molecule has 198 valence electrons. The number of fused-ring (bicyclic) bond motifs is 1. The molecule has 1 heterocycles. The number of pyridine rings is 1. The van der Waals surface area contributed by atoms with Crippen LogP contribution in [-0.4, -0.2) is 34.9 Å². The first kappa shape index (κ1) is 33.2. The minimum Gasteiger partial charge on any atom is -0.478 e. The summed E-state index contributed by atoms with van der Waals surface area (Å²) < 4.78 is 14.3. The van der Waals surface area contributed by atoms with Gasteiger partial charge in [-0.2, -0.15) is 0 Å². The van der Waals surface area contributed by atoms with Gasteiger partial charge in [0.15, 0.2) is 5.11 Å². The van der Waals surface area contributed by atoms with E-state index in [1.54, 1.807) is 13.1 Å². The summed E-state index contributed by atoms with van der Waals surface area (Å²) >= 11 is 11.5. The predicted octanol–water partition coefficient (Wildman–Crippen LogP) is 6.93. The van der Waals surface area contributed by atoms with E-state index in [-0.39, 0.29) is 29.0 Å². The maximum atomic E-state index is 14.3. The molecular formula is C27H38ClFN4O2S. The highest BCUT2D eigenvalue weighted by atomic mass is 35.5. The average Bonchev–Trinajstić information content (AvgIpc) is 3.06. The molecule has 9 heteroatoms. The van der Waals surface area contributed by atoms with Crippen LogP contribution in [0.25, 0.3) is 0 Å². The smallest absolute Gasteiger partial charge is 0.337 e. The van der Waals surface area contributed by atoms with Gasteiger partial charge in [0.05, 0.1) is 28.9 Å². The molecule has 1 atom stereocenters. The quantitative estimate of drug-likeness (QED) is 0.218.